The first kappa shape index (κ1) is 12.1. The van der Waals surface area contributed by atoms with E-state index in [0.29, 0.717) is 6.61 Å². The van der Waals surface area contributed by atoms with Crippen LogP contribution in [0.3, 0.4) is 0 Å². The lowest BCUT2D eigenvalue weighted by Gasteiger charge is -2.23. The molecule has 0 spiro atoms. The van der Waals surface area contributed by atoms with Crippen molar-refractivity contribution in [2.75, 3.05) is 6.61 Å². The molecule has 2 nitrogen and oxygen atoms in total. The van der Waals surface area contributed by atoms with Crippen LogP contribution in [0, 0.1) is 0 Å². The summed E-state index contributed by atoms with van der Waals surface area (Å²) in [6.45, 7) is 6.56. The summed E-state index contributed by atoms with van der Waals surface area (Å²) in [6, 6.07) is 7.67. The Balaban J connectivity index is 2.78. The van der Waals surface area contributed by atoms with Gasteiger partial charge in [-0.05, 0) is 38.0 Å². The fourth-order valence-electron chi connectivity index (χ4n) is 1.71. The van der Waals surface area contributed by atoms with E-state index in [1.54, 1.807) is 0 Å². The topological polar surface area (TPSA) is 29.5 Å². The third kappa shape index (κ3) is 3.24. The molecule has 0 aromatic heterocycles. The van der Waals surface area contributed by atoms with Gasteiger partial charge in [0.25, 0.3) is 0 Å². The van der Waals surface area contributed by atoms with Gasteiger partial charge < -0.3 is 9.84 Å². The number of ether oxygens (including phenoxy) is 1. The van der Waals surface area contributed by atoms with Crippen molar-refractivity contribution >= 4 is 0 Å². The molecule has 1 aromatic rings. The van der Waals surface area contributed by atoms with Gasteiger partial charge >= 0.3 is 0 Å². The van der Waals surface area contributed by atoms with Crippen LogP contribution in [0.2, 0.25) is 0 Å². The summed E-state index contributed by atoms with van der Waals surface area (Å²) in [5.74, 6) is 0.855. The zero-order chi connectivity index (χ0) is 11.3. The van der Waals surface area contributed by atoms with Crippen molar-refractivity contribution in [3.63, 3.8) is 0 Å². The Bertz CT molecular complexity index is 288. The molecule has 0 saturated heterocycles. The van der Waals surface area contributed by atoms with Crippen LogP contribution in [0.25, 0.3) is 0 Å². The lowest BCUT2D eigenvalue weighted by Crippen LogP contribution is -2.20. The second-order valence-corrected chi connectivity index (χ2v) is 3.98. The first-order chi connectivity index (χ1) is 7.10. The van der Waals surface area contributed by atoms with Crippen molar-refractivity contribution in [2.24, 2.45) is 0 Å². The fourth-order valence-corrected chi connectivity index (χ4v) is 1.71. The molecule has 15 heavy (non-hydrogen) atoms. The first-order valence-electron chi connectivity index (χ1n) is 5.56. The predicted molar refractivity (Wildman–Crippen MR) is 62.1 cm³/mol. The molecule has 2 heteroatoms. The van der Waals surface area contributed by atoms with E-state index < -0.39 is 5.60 Å². The van der Waals surface area contributed by atoms with E-state index in [9.17, 15) is 5.11 Å². The van der Waals surface area contributed by atoms with Gasteiger partial charge in [0.15, 0.2) is 0 Å². The van der Waals surface area contributed by atoms with E-state index in [-0.39, 0.29) is 0 Å². The maximum absolute atomic E-state index is 10.2. The lowest BCUT2D eigenvalue weighted by molar-refractivity contribution is 0.0469. The third-order valence-corrected chi connectivity index (χ3v) is 2.52. The Labute approximate surface area is 91.9 Å². The highest BCUT2D eigenvalue weighted by Crippen LogP contribution is 2.27. The summed E-state index contributed by atoms with van der Waals surface area (Å²) in [5, 5.41) is 10.2. The summed E-state index contributed by atoms with van der Waals surface area (Å²) < 4.78 is 5.35. The van der Waals surface area contributed by atoms with Crippen LogP contribution in [-0.4, -0.2) is 11.7 Å². The number of hydrogen-bond donors (Lipinski definition) is 1. The van der Waals surface area contributed by atoms with Gasteiger partial charge in [0.1, 0.15) is 5.75 Å². The van der Waals surface area contributed by atoms with Gasteiger partial charge in [0, 0.05) is 0 Å². The minimum atomic E-state index is -0.723. The summed E-state index contributed by atoms with van der Waals surface area (Å²) in [7, 11) is 0. The Morgan fingerprint density at radius 2 is 1.80 bits per heavy atom. The molecule has 1 rings (SSSR count). The first-order valence-corrected chi connectivity index (χ1v) is 5.56. The lowest BCUT2D eigenvalue weighted by atomic mass is 9.91. The van der Waals surface area contributed by atoms with Gasteiger partial charge in [0.2, 0.25) is 0 Å². The van der Waals surface area contributed by atoms with Crippen molar-refractivity contribution in [3.05, 3.63) is 29.8 Å². The average Bonchev–Trinajstić information content (AvgIpc) is 2.19. The van der Waals surface area contributed by atoms with Crippen molar-refractivity contribution in [3.8, 4) is 5.75 Å². The Kier molecular flexibility index (Phi) is 4.15. The van der Waals surface area contributed by atoms with Crippen LogP contribution in [0.4, 0.5) is 0 Å². The van der Waals surface area contributed by atoms with Gasteiger partial charge in [-0.1, -0.05) is 25.5 Å². The summed E-state index contributed by atoms with van der Waals surface area (Å²) in [6.07, 6.45) is 1.75. The van der Waals surface area contributed by atoms with Crippen molar-refractivity contribution < 1.29 is 9.84 Å². The summed E-state index contributed by atoms with van der Waals surface area (Å²) in [5.41, 5.74) is 0.229. The number of hydrogen-bond acceptors (Lipinski definition) is 2. The zero-order valence-electron chi connectivity index (χ0n) is 9.79. The molecule has 1 N–H and O–H groups in total. The van der Waals surface area contributed by atoms with Gasteiger partial charge in [-0.25, -0.2) is 0 Å². The molecule has 0 heterocycles. The van der Waals surface area contributed by atoms with E-state index >= 15 is 0 Å². The molecular formula is C13H20O2. The van der Waals surface area contributed by atoms with Crippen molar-refractivity contribution in [1.29, 1.82) is 0 Å². The third-order valence-electron chi connectivity index (χ3n) is 2.52. The van der Waals surface area contributed by atoms with Gasteiger partial charge in [-0.3, -0.25) is 0 Å². The maximum Gasteiger partial charge on any atom is 0.119 e. The molecule has 0 saturated carbocycles. The van der Waals surface area contributed by atoms with Gasteiger partial charge in [0.05, 0.1) is 12.2 Å². The SMILES string of the molecule is CCC[C@](C)(O)c1ccc(OCC)cc1. The molecule has 0 aliphatic heterocycles. The second kappa shape index (κ2) is 5.17. The molecule has 0 radical (unpaired) electrons. The fraction of sp³-hybridized carbons (Fsp3) is 0.538. The van der Waals surface area contributed by atoms with E-state index in [0.717, 1.165) is 24.2 Å². The quantitative estimate of drug-likeness (QED) is 0.805. The van der Waals surface area contributed by atoms with Crippen LogP contribution in [0.15, 0.2) is 24.3 Å². The van der Waals surface area contributed by atoms with Crippen LogP contribution >= 0.6 is 0 Å². The smallest absolute Gasteiger partial charge is 0.119 e. The Hall–Kier alpha value is -1.02. The standard InChI is InChI=1S/C13H20O2/c1-4-10-13(3,14)11-6-8-12(9-7-11)15-5-2/h6-9,14H,4-5,10H2,1-3H3/t13-/m0/s1. The van der Waals surface area contributed by atoms with Crippen LogP contribution in [-0.2, 0) is 5.60 Å². The number of rotatable bonds is 5. The zero-order valence-corrected chi connectivity index (χ0v) is 9.79. The molecule has 0 amide bonds. The van der Waals surface area contributed by atoms with E-state index in [1.165, 1.54) is 0 Å². The molecular weight excluding hydrogens is 188 g/mol. The number of aliphatic hydroxyl groups is 1. The number of benzene rings is 1. The minimum absolute atomic E-state index is 0.671. The largest absolute Gasteiger partial charge is 0.494 e. The Morgan fingerprint density at radius 3 is 2.27 bits per heavy atom. The van der Waals surface area contributed by atoms with Crippen LogP contribution in [0.1, 0.15) is 39.2 Å². The molecule has 1 atom stereocenters. The van der Waals surface area contributed by atoms with E-state index in [4.69, 9.17) is 4.74 Å². The van der Waals surface area contributed by atoms with Crippen molar-refractivity contribution in [1.82, 2.24) is 0 Å². The highest BCUT2D eigenvalue weighted by molar-refractivity contribution is 5.30. The molecule has 0 unspecified atom stereocenters. The van der Waals surface area contributed by atoms with Crippen LogP contribution in [0.5, 0.6) is 5.75 Å². The second-order valence-electron chi connectivity index (χ2n) is 3.98. The monoisotopic (exact) mass is 208 g/mol. The minimum Gasteiger partial charge on any atom is -0.494 e. The van der Waals surface area contributed by atoms with E-state index in [2.05, 4.69) is 6.92 Å². The normalized spacial score (nSPS) is 14.7. The summed E-state index contributed by atoms with van der Waals surface area (Å²) in [4.78, 5) is 0. The summed E-state index contributed by atoms with van der Waals surface area (Å²) >= 11 is 0. The van der Waals surface area contributed by atoms with Gasteiger partial charge in [-0.15, -0.1) is 0 Å². The average molecular weight is 208 g/mol. The predicted octanol–water partition coefficient (Wildman–Crippen LogP) is 3.09. The molecule has 84 valence electrons. The molecule has 0 fully saturated rings. The molecule has 0 aliphatic carbocycles. The molecule has 0 bridgehead atoms. The Morgan fingerprint density at radius 1 is 1.20 bits per heavy atom. The van der Waals surface area contributed by atoms with Crippen LogP contribution < -0.4 is 4.74 Å². The highest BCUT2D eigenvalue weighted by atomic mass is 16.5. The molecule has 1 aromatic carbocycles. The molecule has 0 aliphatic rings. The van der Waals surface area contributed by atoms with Gasteiger partial charge in [-0.2, -0.15) is 0 Å². The van der Waals surface area contributed by atoms with Crippen molar-refractivity contribution in [2.45, 2.75) is 39.2 Å². The highest BCUT2D eigenvalue weighted by Gasteiger charge is 2.21. The maximum atomic E-state index is 10.2. The van der Waals surface area contributed by atoms with E-state index in [1.807, 2.05) is 38.1 Å².